The zero-order valence-electron chi connectivity index (χ0n) is 15.4. The highest BCUT2D eigenvalue weighted by atomic mass is 35.5. The number of hydrogen-bond acceptors (Lipinski definition) is 5. The second-order valence-corrected chi connectivity index (χ2v) is 7.75. The number of hydrogen-bond donors (Lipinski definition) is 1. The van der Waals surface area contributed by atoms with Gasteiger partial charge in [-0.1, -0.05) is 53.2 Å². The first kappa shape index (κ1) is 17.9. The molecular formula is C21H17ClN4O3. The standard InChI is InChI=1S/C21H17ClN4O3/c22-16-8-4-3-7-15(16)18-23-17(25-29-18)12-26-19(27)21(24-20(26)28)10-9-13-5-1-2-6-14(13)11-21/h1-8H,9-12H2,(H,24,28). The summed E-state index contributed by atoms with van der Waals surface area (Å²) < 4.78 is 5.28. The SMILES string of the molecule is O=C1NC2(CCc3ccccc3C2)C(=O)N1Cc1noc(-c2ccccc2Cl)n1. The molecule has 3 amide bonds. The number of imide groups is 1. The first-order valence-electron chi connectivity index (χ1n) is 9.34. The molecule has 5 rings (SSSR count). The fourth-order valence-corrected chi connectivity index (χ4v) is 4.26. The summed E-state index contributed by atoms with van der Waals surface area (Å²) >= 11 is 6.17. The van der Waals surface area contributed by atoms with Crippen molar-refractivity contribution in [2.24, 2.45) is 0 Å². The van der Waals surface area contributed by atoms with Crippen LogP contribution in [0.25, 0.3) is 11.5 Å². The molecule has 1 aliphatic heterocycles. The van der Waals surface area contributed by atoms with Crippen molar-refractivity contribution in [1.29, 1.82) is 0 Å². The van der Waals surface area contributed by atoms with Gasteiger partial charge in [-0.2, -0.15) is 4.98 Å². The maximum atomic E-state index is 13.2. The number of urea groups is 1. The smallest absolute Gasteiger partial charge is 0.325 e. The predicted octanol–water partition coefficient (Wildman–Crippen LogP) is 3.37. The molecule has 7 nitrogen and oxygen atoms in total. The van der Waals surface area contributed by atoms with Gasteiger partial charge in [-0.15, -0.1) is 0 Å². The number of aromatic nitrogens is 2. The van der Waals surface area contributed by atoms with Crippen molar-refractivity contribution < 1.29 is 14.1 Å². The van der Waals surface area contributed by atoms with E-state index in [1.165, 1.54) is 5.56 Å². The first-order chi connectivity index (χ1) is 14.1. The van der Waals surface area contributed by atoms with E-state index in [9.17, 15) is 9.59 Å². The lowest BCUT2D eigenvalue weighted by atomic mass is 9.78. The van der Waals surface area contributed by atoms with E-state index in [1.54, 1.807) is 18.2 Å². The number of carbonyl (C=O) groups is 2. The van der Waals surface area contributed by atoms with Crippen LogP contribution in [0.4, 0.5) is 4.79 Å². The lowest BCUT2D eigenvalue weighted by molar-refractivity contribution is -0.132. The van der Waals surface area contributed by atoms with E-state index in [2.05, 4.69) is 21.5 Å². The number of rotatable bonds is 3. The topological polar surface area (TPSA) is 88.3 Å². The van der Waals surface area contributed by atoms with E-state index < -0.39 is 11.6 Å². The normalized spacial score (nSPS) is 20.8. The van der Waals surface area contributed by atoms with Gasteiger partial charge in [0.2, 0.25) is 0 Å². The summed E-state index contributed by atoms with van der Waals surface area (Å²) in [4.78, 5) is 31.2. The molecule has 1 atom stereocenters. The summed E-state index contributed by atoms with van der Waals surface area (Å²) in [6.07, 6.45) is 1.80. The molecule has 2 aromatic carbocycles. The van der Waals surface area contributed by atoms with Crippen LogP contribution in [0, 0.1) is 0 Å². The summed E-state index contributed by atoms with van der Waals surface area (Å²) in [6.45, 7) is -0.0536. The molecule has 1 fully saturated rings. The molecule has 1 spiro atoms. The molecule has 1 saturated heterocycles. The minimum Gasteiger partial charge on any atom is -0.334 e. The van der Waals surface area contributed by atoms with Crippen molar-refractivity contribution in [3.05, 3.63) is 70.5 Å². The molecule has 1 N–H and O–H groups in total. The average molecular weight is 409 g/mol. The van der Waals surface area contributed by atoms with Crippen LogP contribution in [0.3, 0.4) is 0 Å². The van der Waals surface area contributed by atoms with E-state index in [0.717, 1.165) is 16.9 Å². The molecule has 2 heterocycles. The Morgan fingerprint density at radius 3 is 2.69 bits per heavy atom. The van der Waals surface area contributed by atoms with Gasteiger partial charge in [0.1, 0.15) is 5.54 Å². The number of halogens is 1. The molecule has 0 radical (unpaired) electrons. The van der Waals surface area contributed by atoms with Crippen molar-refractivity contribution in [2.75, 3.05) is 0 Å². The maximum Gasteiger partial charge on any atom is 0.325 e. The lowest BCUT2D eigenvalue weighted by Gasteiger charge is -2.32. The van der Waals surface area contributed by atoms with Crippen LogP contribution in [0.1, 0.15) is 23.4 Å². The zero-order chi connectivity index (χ0) is 20.0. The van der Waals surface area contributed by atoms with Crippen LogP contribution < -0.4 is 5.32 Å². The van der Waals surface area contributed by atoms with Gasteiger partial charge >= 0.3 is 6.03 Å². The largest absolute Gasteiger partial charge is 0.334 e. The molecule has 3 aromatic rings. The number of nitrogens with zero attached hydrogens (tertiary/aromatic N) is 3. The number of carbonyl (C=O) groups excluding carboxylic acids is 2. The molecule has 0 bridgehead atoms. The monoisotopic (exact) mass is 408 g/mol. The molecule has 29 heavy (non-hydrogen) atoms. The molecule has 2 aliphatic rings. The molecule has 1 aromatic heterocycles. The highest BCUT2D eigenvalue weighted by Crippen LogP contribution is 2.34. The fourth-order valence-electron chi connectivity index (χ4n) is 4.05. The van der Waals surface area contributed by atoms with Crippen LogP contribution in [-0.4, -0.2) is 32.5 Å². The van der Waals surface area contributed by atoms with Gasteiger partial charge in [-0.25, -0.2) is 4.79 Å². The van der Waals surface area contributed by atoms with Gasteiger partial charge in [-0.05, 0) is 36.1 Å². The van der Waals surface area contributed by atoms with Gasteiger partial charge in [0.25, 0.3) is 11.8 Å². The van der Waals surface area contributed by atoms with Gasteiger partial charge in [0.05, 0.1) is 17.1 Å². The third-order valence-corrected chi connectivity index (χ3v) is 5.88. The first-order valence-corrected chi connectivity index (χ1v) is 9.72. The van der Waals surface area contributed by atoms with Crippen molar-refractivity contribution in [3.63, 3.8) is 0 Å². The Morgan fingerprint density at radius 1 is 1.10 bits per heavy atom. The summed E-state index contributed by atoms with van der Waals surface area (Å²) in [7, 11) is 0. The third-order valence-electron chi connectivity index (χ3n) is 5.55. The molecule has 8 heteroatoms. The molecule has 0 saturated carbocycles. The van der Waals surface area contributed by atoms with E-state index in [-0.39, 0.29) is 24.2 Å². The molecule has 1 unspecified atom stereocenters. The number of benzene rings is 2. The Hall–Kier alpha value is -3.19. The Bertz CT molecular complexity index is 1130. The second-order valence-electron chi connectivity index (χ2n) is 7.34. The summed E-state index contributed by atoms with van der Waals surface area (Å²) in [5, 5.41) is 7.31. The minimum absolute atomic E-state index is 0.0536. The highest BCUT2D eigenvalue weighted by Gasteiger charge is 2.52. The van der Waals surface area contributed by atoms with Gasteiger partial charge < -0.3 is 9.84 Å². The number of fused-ring (bicyclic) bond motifs is 1. The van der Waals surface area contributed by atoms with Crippen molar-refractivity contribution in [2.45, 2.75) is 31.3 Å². The maximum absolute atomic E-state index is 13.2. The number of amides is 3. The summed E-state index contributed by atoms with van der Waals surface area (Å²) in [5.41, 5.74) is 2.02. The lowest BCUT2D eigenvalue weighted by Crippen LogP contribution is -2.51. The van der Waals surface area contributed by atoms with E-state index in [4.69, 9.17) is 16.1 Å². The van der Waals surface area contributed by atoms with E-state index in [1.807, 2.05) is 24.3 Å². The van der Waals surface area contributed by atoms with Crippen LogP contribution in [0.5, 0.6) is 0 Å². The third kappa shape index (κ3) is 2.98. The highest BCUT2D eigenvalue weighted by molar-refractivity contribution is 6.33. The Morgan fingerprint density at radius 2 is 1.86 bits per heavy atom. The summed E-state index contributed by atoms with van der Waals surface area (Å²) in [6, 6.07) is 14.7. The van der Waals surface area contributed by atoms with Gasteiger partial charge in [0.15, 0.2) is 5.82 Å². The van der Waals surface area contributed by atoms with Crippen LogP contribution in [-0.2, 0) is 24.2 Å². The fraction of sp³-hybridized carbons (Fsp3) is 0.238. The van der Waals surface area contributed by atoms with Crippen molar-refractivity contribution in [3.8, 4) is 11.5 Å². The Balaban J connectivity index is 1.38. The van der Waals surface area contributed by atoms with E-state index in [0.29, 0.717) is 23.4 Å². The van der Waals surface area contributed by atoms with Crippen LogP contribution >= 0.6 is 11.6 Å². The van der Waals surface area contributed by atoms with Crippen LogP contribution in [0.2, 0.25) is 5.02 Å². The molecule has 146 valence electrons. The average Bonchev–Trinajstić information content (AvgIpc) is 3.27. The quantitative estimate of drug-likeness (QED) is 0.671. The van der Waals surface area contributed by atoms with Crippen LogP contribution in [0.15, 0.2) is 53.1 Å². The van der Waals surface area contributed by atoms with Crippen molar-refractivity contribution in [1.82, 2.24) is 20.4 Å². The van der Waals surface area contributed by atoms with Gasteiger partial charge in [0, 0.05) is 6.42 Å². The zero-order valence-corrected chi connectivity index (χ0v) is 16.1. The molecular weight excluding hydrogens is 392 g/mol. The van der Waals surface area contributed by atoms with Crippen molar-refractivity contribution >= 4 is 23.5 Å². The summed E-state index contributed by atoms with van der Waals surface area (Å²) in [5.74, 6) is 0.247. The Labute approximate surface area is 171 Å². The number of aryl methyl sites for hydroxylation is 1. The second kappa shape index (κ2) is 6.70. The van der Waals surface area contributed by atoms with Gasteiger partial charge in [-0.3, -0.25) is 9.69 Å². The Kier molecular flexibility index (Phi) is 4.13. The number of nitrogens with one attached hydrogen (secondary N) is 1. The molecule has 1 aliphatic carbocycles. The minimum atomic E-state index is -0.902. The predicted molar refractivity (Wildman–Crippen MR) is 105 cm³/mol. The van der Waals surface area contributed by atoms with E-state index >= 15 is 0 Å².